The van der Waals surface area contributed by atoms with Crippen LogP contribution in [-0.2, 0) is 4.79 Å². The molecular formula is C17H21N3O2S2. The Hall–Kier alpha value is -1.73. The van der Waals surface area contributed by atoms with Gasteiger partial charge in [0, 0.05) is 36.5 Å². The first-order valence-electron chi connectivity index (χ1n) is 7.87. The van der Waals surface area contributed by atoms with Gasteiger partial charge in [-0.05, 0) is 31.2 Å². The highest BCUT2D eigenvalue weighted by Gasteiger charge is 2.22. The van der Waals surface area contributed by atoms with E-state index in [1.807, 2.05) is 36.1 Å². The van der Waals surface area contributed by atoms with Crippen LogP contribution in [0.1, 0.15) is 5.69 Å². The number of ether oxygens (including phenoxy) is 1. The summed E-state index contributed by atoms with van der Waals surface area (Å²) in [5.41, 5.74) is 1.06. The van der Waals surface area contributed by atoms with E-state index < -0.39 is 0 Å². The maximum absolute atomic E-state index is 12.4. The molecule has 0 unspecified atom stereocenters. The zero-order valence-electron chi connectivity index (χ0n) is 13.9. The highest BCUT2D eigenvalue weighted by Crippen LogP contribution is 2.23. The molecule has 1 amide bonds. The van der Waals surface area contributed by atoms with E-state index in [0.717, 1.165) is 47.6 Å². The summed E-state index contributed by atoms with van der Waals surface area (Å²) in [6.45, 7) is 5.25. The number of anilines is 1. The average molecular weight is 364 g/mol. The molecule has 0 spiro atoms. The molecule has 1 aromatic heterocycles. The normalized spacial score (nSPS) is 14.8. The topological polar surface area (TPSA) is 45.7 Å². The fraction of sp³-hybridized carbons (Fsp3) is 0.412. The zero-order valence-corrected chi connectivity index (χ0v) is 15.5. The molecule has 3 rings (SSSR count). The Kier molecular flexibility index (Phi) is 5.63. The van der Waals surface area contributed by atoms with Gasteiger partial charge in [0.15, 0.2) is 5.13 Å². The van der Waals surface area contributed by atoms with Gasteiger partial charge < -0.3 is 14.5 Å². The summed E-state index contributed by atoms with van der Waals surface area (Å²) >= 11 is 3.24. The number of carbonyl (C=O) groups is 1. The van der Waals surface area contributed by atoms with Crippen LogP contribution in [0.2, 0.25) is 0 Å². The van der Waals surface area contributed by atoms with E-state index in [4.69, 9.17) is 4.74 Å². The van der Waals surface area contributed by atoms with Crippen molar-refractivity contribution in [2.45, 2.75) is 11.8 Å². The Balaban J connectivity index is 1.46. The summed E-state index contributed by atoms with van der Waals surface area (Å²) < 4.78 is 5.14. The quantitative estimate of drug-likeness (QED) is 0.765. The number of rotatable bonds is 5. The number of carbonyl (C=O) groups excluding carboxylic acids is 1. The van der Waals surface area contributed by atoms with E-state index in [1.165, 1.54) is 0 Å². The molecule has 128 valence electrons. The summed E-state index contributed by atoms with van der Waals surface area (Å²) in [5.74, 6) is 1.51. The van der Waals surface area contributed by atoms with Crippen molar-refractivity contribution in [3.63, 3.8) is 0 Å². The molecule has 0 bridgehead atoms. The first-order chi connectivity index (χ1) is 11.7. The molecule has 0 radical (unpaired) electrons. The second kappa shape index (κ2) is 7.90. The van der Waals surface area contributed by atoms with Crippen LogP contribution in [0.15, 0.2) is 34.5 Å². The minimum absolute atomic E-state index is 0.200. The number of hydrogen-bond acceptors (Lipinski definition) is 6. The molecule has 1 aliphatic rings. The number of aromatic nitrogens is 1. The summed E-state index contributed by atoms with van der Waals surface area (Å²) in [4.78, 5) is 22.2. The van der Waals surface area contributed by atoms with Crippen LogP contribution in [0, 0.1) is 6.92 Å². The highest BCUT2D eigenvalue weighted by molar-refractivity contribution is 8.00. The molecule has 1 saturated heterocycles. The van der Waals surface area contributed by atoms with Gasteiger partial charge in [0.05, 0.1) is 18.6 Å². The standard InChI is InChI=1S/C17H21N3O2S2/c1-13-11-24-17(18-13)20-9-7-19(8-10-20)16(21)12-23-15-5-3-14(22-2)4-6-15/h3-6,11H,7-10,12H2,1-2H3. The van der Waals surface area contributed by atoms with Crippen LogP contribution in [-0.4, -0.2) is 54.8 Å². The molecule has 1 aliphatic heterocycles. The van der Waals surface area contributed by atoms with Crippen LogP contribution >= 0.6 is 23.1 Å². The van der Waals surface area contributed by atoms with Crippen molar-refractivity contribution in [1.29, 1.82) is 0 Å². The first kappa shape index (κ1) is 17.1. The summed E-state index contributed by atoms with van der Waals surface area (Å²) in [5, 5.41) is 3.13. The molecule has 0 atom stereocenters. The monoisotopic (exact) mass is 363 g/mol. The Morgan fingerprint density at radius 1 is 1.25 bits per heavy atom. The Morgan fingerprint density at radius 3 is 2.54 bits per heavy atom. The van der Waals surface area contributed by atoms with E-state index in [9.17, 15) is 4.79 Å². The molecule has 0 aliphatic carbocycles. The van der Waals surface area contributed by atoms with Gasteiger partial charge in [-0.15, -0.1) is 23.1 Å². The van der Waals surface area contributed by atoms with Crippen LogP contribution in [0.5, 0.6) is 5.75 Å². The third-order valence-electron chi connectivity index (χ3n) is 3.93. The predicted molar refractivity (Wildman–Crippen MR) is 99.4 cm³/mol. The lowest BCUT2D eigenvalue weighted by molar-refractivity contribution is -0.128. The lowest BCUT2D eigenvalue weighted by Crippen LogP contribution is -2.49. The first-order valence-corrected chi connectivity index (χ1v) is 9.74. The average Bonchev–Trinajstić information content (AvgIpc) is 3.06. The minimum atomic E-state index is 0.200. The lowest BCUT2D eigenvalue weighted by atomic mass is 10.3. The number of thiazole rings is 1. The number of methoxy groups -OCH3 is 1. The number of nitrogens with zero attached hydrogens (tertiary/aromatic N) is 3. The van der Waals surface area contributed by atoms with Crippen molar-refractivity contribution >= 4 is 34.1 Å². The molecule has 5 nitrogen and oxygen atoms in total. The van der Waals surface area contributed by atoms with Crippen molar-refractivity contribution in [2.75, 3.05) is 43.9 Å². The molecule has 2 aromatic rings. The smallest absolute Gasteiger partial charge is 0.233 e. The van der Waals surface area contributed by atoms with E-state index >= 15 is 0 Å². The molecule has 1 fully saturated rings. The van der Waals surface area contributed by atoms with Crippen molar-refractivity contribution in [3.05, 3.63) is 35.3 Å². The molecular weight excluding hydrogens is 342 g/mol. The minimum Gasteiger partial charge on any atom is -0.497 e. The van der Waals surface area contributed by atoms with Crippen molar-refractivity contribution in [1.82, 2.24) is 9.88 Å². The van der Waals surface area contributed by atoms with E-state index in [1.54, 1.807) is 30.2 Å². The number of thioether (sulfide) groups is 1. The maximum Gasteiger partial charge on any atom is 0.233 e. The van der Waals surface area contributed by atoms with Gasteiger partial charge in [-0.3, -0.25) is 4.79 Å². The van der Waals surface area contributed by atoms with Gasteiger partial charge in [0.1, 0.15) is 5.75 Å². The zero-order chi connectivity index (χ0) is 16.9. The van der Waals surface area contributed by atoms with Crippen molar-refractivity contribution < 1.29 is 9.53 Å². The molecule has 0 N–H and O–H groups in total. The fourth-order valence-corrected chi connectivity index (χ4v) is 4.20. The van der Waals surface area contributed by atoms with E-state index in [-0.39, 0.29) is 5.91 Å². The highest BCUT2D eigenvalue weighted by atomic mass is 32.2. The summed E-state index contributed by atoms with van der Waals surface area (Å²) in [7, 11) is 1.65. The van der Waals surface area contributed by atoms with Crippen LogP contribution in [0.3, 0.4) is 0 Å². The summed E-state index contributed by atoms with van der Waals surface area (Å²) in [6.07, 6.45) is 0. The maximum atomic E-state index is 12.4. The molecule has 24 heavy (non-hydrogen) atoms. The molecule has 1 aromatic carbocycles. The van der Waals surface area contributed by atoms with Gasteiger partial charge in [-0.2, -0.15) is 0 Å². The molecule has 0 saturated carbocycles. The fourth-order valence-electron chi connectivity index (χ4n) is 2.54. The number of aryl methyl sites for hydroxylation is 1. The SMILES string of the molecule is COc1ccc(SCC(=O)N2CCN(c3nc(C)cs3)CC2)cc1. The van der Waals surface area contributed by atoms with Crippen molar-refractivity contribution in [3.8, 4) is 5.75 Å². The largest absolute Gasteiger partial charge is 0.497 e. The molecule has 7 heteroatoms. The van der Waals surface area contributed by atoms with Gasteiger partial charge >= 0.3 is 0 Å². The number of piperazine rings is 1. The summed E-state index contributed by atoms with van der Waals surface area (Å²) in [6, 6.07) is 7.81. The lowest BCUT2D eigenvalue weighted by Gasteiger charge is -2.34. The predicted octanol–water partition coefficient (Wildman–Crippen LogP) is 2.90. The van der Waals surface area contributed by atoms with Gasteiger partial charge in [0.25, 0.3) is 0 Å². The van der Waals surface area contributed by atoms with Crippen molar-refractivity contribution in [2.24, 2.45) is 0 Å². The van der Waals surface area contributed by atoms with Crippen LogP contribution in [0.4, 0.5) is 5.13 Å². The Bertz CT molecular complexity index is 679. The van der Waals surface area contributed by atoms with Gasteiger partial charge in [-0.25, -0.2) is 4.98 Å². The Labute approximate surface area is 150 Å². The third-order valence-corrected chi connectivity index (χ3v) is 5.95. The number of benzene rings is 1. The van der Waals surface area contributed by atoms with Crippen LogP contribution in [0.25, 0.3) is 0 Å². The number of hydrogen-bond donors (Lipinski definition) is 0. The Morgan fingerprint density at radius 2 is 1.96 bits per heavy atom. The molecule has 2 heterocycles. The third kappa shape index (κ3) is 4.21. The van der Waals surface area contributed by atoms with E-state index in [2.05, 4.69) is 15.3 Å². The number of amides is 1. The van der Waals surface area contributed by atoms with Crippen LogP contribution < -0.4 is 9.64 Å². The van der Waals surface area contributed by atoms with E-state index in [0.29, 0.717) is 5.75 Å². The second-order valence-electron chi connectivity index (χ2n) is 5.60. The van der Waals surface area contributed by atoms with Gasteiger partial charge in [0.2, 0.25) is 5.91 Å². The van der Waals surface area contributed by atoms with Gasteiger partial charge in [-0.1, -0.05) is 0 Å². The second-order valence-corrected chi connectivity index (χ2v) is 7.49.